The van der Waals surface area contributed by atoms with E-state index in [9.17, 15) is 9.50 Å². The number of aliphatic imine (C=N–C) groups is 2. The molecule has 0 amide bonds. The topological polar surface area (TPSA) is 163 Å². The molecular formula is C20H29FN8O2. The van der Waals surface area contributed by atoms with Crippen LogP contribution in [0, 0.1) is 11.2 Å². The van der Waals surface area contributed by atoms with E-state index in [1.54, 1.807) is 5.06 Å². The number of hydrogen-bond acceptors (Lipinski definition) is 9. The summed E-state index contributed by atoms with van der Waals surface area (Å²) in [6.07, 6.45) is 4.29. The summed E-state index contributed by atoms with van der Waals surface area (Å²) in [5.41, 5.74) is 17.6. The number of benzene rings is 1. The van der Waals surface area contributed by atoms with Crippen LogP contribution in [-0.2, 0) is 4.84 Å². The summed E-state index contributed by atoms with van der Waals surface area (Å²) in [5.74, 6) is -0.601. The molecule has 1 aliphatic heterocycles. The maximum Gasteiger partial charge on any atom is 0.139 e. The van der Waals surface area contributed by atoms with Crippen molar-refractivity contribution in [2.45, 2.75) is 12.1 Å². The van der Waals surface area contributed by atoms with Crippen LogP contribution in [0.3, 0.4) is 0 Å². The number of nitrogens with one attached hydrogen (secondary N) is 1. The number of β-amino-alcohol motifs (C(OH)–C–C–N with tert-alkyl or cyclic N) is 1. The fourth-order valence-corrected chi connectivity index (χ4v) is 3.19. The molecule has 2 atom stereocenters. The van der Waals surface area contributed by atoms with Crippen LogP contribution in [0.1, 0.15) is 11.1 Å². The molecule has 31 heavy (non-hydrogen) atoms. The highest BCUT2D eigenvalue weighted by Gasteiger charge is 2.33. The molecule has 1 heterocycles. The zero-order valence-corrected chi connectivity index (χ0v) is 17.8. The summed E-state index contributed by atoms with van der Waals surface area (Å²) in [4.78, 5) is 15.4. The van der Waals surface area contributed by atoms with Crippen molar-refractivity contribution in [3.05, 3.63) is 47.2 Å². The molecule has 8 N–H and O–H groups in total. The number of hydrogen-bond donors (Lipinski definition) is 5. The molecule has 1 fully saturated rings. The Morgan fingerprint density at radius 1 is 1.32 bits per heavy atom. The number of hydroxylamine groups is 2. The van der Waals surface area contributed by atoms with Crippen LogP contribution >= 0.6 is 0 Å². The second-order valence-corrected chi connectivity index (χ2v) is 7.14. The van der Waals surface area contributed by atoms with E-state index in [0.717, 1.165) is 12.4 Å². The quantitative estimate of drug-likeness (QED) is 0.169. The first kappa shape index (κ1) is 24.0. The van der Waals surface area contributed by atoms with E-state index < -0.39 is 11.9 Å². The minimum absolute atomic E-state index is 0.0402. The number of nitrogens with two attached hydrogens (primary N) is 3. The van der Waals surface area contributed by atoms with Crippen molar-refractivity contribution >= 4 is 29.5 Å². The van der Waals surface area contributed by atoms with Gasteiger partial charge in [0, 0.05) is 41.8 Å². The summed E-state index contributed by atoms with van der Waals surface area (Å²) in [6, 6.07) is 2.41. The molecule has 1 aromatic rings. The SMILES string of the molecule is CN=CC(=CN)c1cc(C(=N)/C(=C/ON2CC(N(C)C)[C@H](O)C2)N=CN)c(N)cc1F. The third-order valence-electron chi connectivity index (χ3n) is 4.84. The average Bonchev–Trinajstić information content (AvgIpc) is 3.10. The van der Waals surface area contributed by atoms with Gasteiger partial charge in [0.1, 0.15) is 17.8 Å². The molecular weight excluding hydrogens is 403 g/mol. The zero-order valence-electron chi connectivity index (χ0n) is 17.8. The largest absolute Gasteiger partial charge is 0.411 e. The Morgan fingerprint density at radius 2 is 2.03 bits per heavy atom. The first-order valence-electron chi connectivity index (χ1n) is 9.46. The van der Waals surface area contributed by atoms with Crippen LogP contribution in [0.5, 0.6) is 0 Å². The lowest BCUT2D eigenvalue weighted by molar-refractivity contribution is -0.0912. The Bertz CT molecular complexity index is 926. The van der Waals surface area contributed by atoms with E-state index in [0.29, 0.717) is 12.1 Å². The molecule has 0 radical (unpaired) electrons. The highest BCUT2D eigenvalue weighted by atomic mass is 19.1. The van der Waals surface area contributed by atoms with Crippen molar-refractivity contribution in [2.75, 3.05) is 40.0 Å². The maximum atomic E-state index is 14.5. The van der Waals surface area contributed by atoms with E-state index in [2.05, 4.69) is 9.98 Å². The lowest BCUT2D eigenvalue weighted by Crippen LogP contribution is -2.37. The van der Waals surface area contributed by atoms with Gasteiger partial charge < -0.3 is 32.0 Å². The number of allylic oxidation sites excluding steroid dienone is 2. The number of anilines is 1. The zero-order chi connectivity index (χ0) is 23.1. The van der Waals surface area contributed by atoms with Gasteiger partial charge in [-0.1, -0.05) is 0 Å². The molecule has 2 rings (SSSR count). The molecule has 11 heteroatoms. The first-order valence-corrected chi connectivity index (χ1v) is 9.46. The van der Waals surface area contributed by atoms with Crippen molar-refractivity contribution in [3.8, 4) is 0 Å². The normalized spacial score (nSPS) is 21.0. The van der Waals surface area contributed by atoms with Crippen LogP contribution in [0.2, 0.25) is 0 Å². The monoisotopic (exact) mass is 432 g/mol. The lowest BCUT2D eigenvalue weighted by Gasteiger charge is -2.21. The Labute approximate surface area is 180 Å². The van der Waals surface area contributed by atoms with Crippen molar-refractivity contribution in [2.24, 2.45) is 21.5 Å². The molecule has 10 nitrogen and oxygen atoms in total. The third-order valence-corrected chi connectivity index (χ3v) is 4.84. The summed E-state index contributed by atoms with van der Waals surface area (Å²) in [5, 5.41) is 20.2. The van der Waals surface area contributed by atoms with Crippen molar-refractivity contribution in [3.63, 3.8) is 0 Å². The standard InChI is InChI=1S/C20H29FN8O2/c1-26-7-12(6-22)13-4-14(16(24)5-15(13)21)20(25)17(27-11-23)10-31-29-8-18(28(2)3)19(30)9-29/h4-7,10-11,18-19,25,30H,8-9,22,24H2,1-3H3,(H2,23,27)/b12-6?,17-10-,25-20?,26-7?/t18?,19-/m1/s1. The summed E-state index contributed by atoms with van der Waals surface area (Å²) >= 11 is 0. The lowest BCUT2D eigenvalue weighted by atomic mass is 9.98. The smallest absolute Gasteiger partial charge is 0.139 e. The van der Waals surface area contributed by atoms with Crippen molar-refractivity contribution < 1.29 is 14.3 Å². The second kappa shape index (κ2) is 10.7. The van der Waals surface area contributed by atoms with Crippen LogP contribution in [0.4, 0.5) is 10.1 Å². The van der Waals surface area contributed by atoms with Gasteiger partial charge in [0.15, 0.2) is 0 Å². The van der Waals surface area contributed by atoms with Gasteiger partial charge in [-0.2, -0.15) is 0 Å². The highest BCUT2D eigenvalue weighted by Crippen LogP contribution is 2.26. The predicted octanol–water partition coefficient (Wildman–Crippen LogP) is 0.143. The van der Waals surface area contributed by atoms with Gasteiger partial charge in [0.25, 0.3) is 0 Å². The number of halogens is 1. The molecule has 0 spiro atoms. The van der Waals surface area contributed by atoms with Gasteiger partial charge in [-0.15, -0.1) is 5.06 Å². The first-order chi connectivity index (χ1) is 14.7. The molecule has 1 saturated heterocycles. The molecule has 1 unspecified atom stereocenters. The van der Waals surface area contributed by atoms with Gasteiger partial charge in [0.05, 0.1) is 37.3 Å². The van der Waals surface area contributed by atoms with Crippen LogP contribution in [0.15, 0.2) is 40.3 Å². The molecule has 0 aromatic heterocycles. The number of aliphatic hydroxyl groups excluding tert-OH is 1. The Kier molecular flexibility index (Phi) is 8.25. The predicted molar refractivity (Wildman–Crippen MR) is 121 cm³/mol. The molecule has 1 aromatic carbocycles. The Morgan fingerprint density at radius 3 is 2.58 bits per heavy atom. The number of likely N-dealkylation sites (N-methyl/N-ethyl adjacent to an activating group) is 1. The fourth-order valence-electron chi connectivity index (χ4n) is 3.19. The van der Waals surface area contributed by atoms with Gasteiger partial charge in [-0.25, -0.2) is 9.38 Å². The molecule has 0 saturated carbocycles. The van der Waals surface area contributed by atoms with Gasteiger partial charge in [-0.05, 0) is 26.2 Å². The van der Waals surface area contributed by atoms with E-state index in [1.807, 2.05) is 19.0 Å². The summed E-state index contributed by atoms with van der Waals surface area (Å²) in [7, 11) is 5.27. The van der Waals surface area contributed by atoms with Crippen molar-refractivity contribution in [1.29, 1.82) is 5.41 Å². The van der Waals surface area contributed by atoms with E-state index >= 15 is 0 Å². The minimum atomic E-state index is -0.601. The number of nitrogen functional groups attached to an aromatic ring is 1. The van der Waals surface area contributed by atoms with Gasteiger partial charge in [-0.3, -0.25) is 10.4 Å². The average molecular weight is 433 g/mol. The number of nitrogens with zero attached hydrogens (tertiary/aromatic N) is 4. The van der Waals surface area contributed by atoms with E-state index in [4.69, 9.17) is 27.4 Å². The number of rotatable bonds is 8. The highest BCUT2D eigenvalue weighted by molar-refractivity contribution is 6.16. The molecule has 1 aliphatic rings. The van der Waals surface area contributed by atoms with Gasteiger partial charge in [0.2, 0.25) is 0 Å². The summed E-state index contributed by atoms with van der Waals surface area (Å²) in [6.45, 7) is 0.748. The Hall–Kier alpha value is -3.28. The van der Waals surface area contributed by atoms with Gasteiger partial charge >= 0.3 is 0 Å². The minimum Gasteiger partial charge on any atom is -0.411 e. The van der Waals surface area contributed by atoms with Crippen LogP contribution < -0.4 is 17.2 Å². The summed E-state index contributed by atoms with van der Waals surface area (Å²) < 4.78 is 14.5. The van der Waals surface area contributed by atoms with E-state index in [1.165, 1.54) is 31.8 Å². The van der Waals surface area contributed by atoms with Crippen molar-refractivity contribution in [1.82, 2.24) is 9.96 Å². The van der Waals surface area contributed by atoms with Crippen LogP contribution in [-0.4, -0.2) is 79.7 Å². The molecule has 0 aliphatic carbocycles. The fraction of sp³-hybridized carbons (Fsp3) is 0.350. The van der Waals surface area contributed by atoms with Crippen LogP contribution in [0.25, 0.3) is 5.57 Å². The third kappa shape index (κ3) is 5.66. The second-order valence-electron chi connectivity index (χ2n) is 7.14. The number of aliphatic hydroxyl groups is 1. The molecule has 0 bridgehead atoms. The Balaban J connectivity index is 2.34. The molecule has 168 valence electrons. The maximum absolute atomic E-state index is 14.5. The van der Waals surface area contributed by atoms with E-state index in [-0.39, 0.29) is 40.8 Å².